The van der Waals surface area contributed by atoms with Crippen LogP contribution in [0.3, 0.4) is 0 Å². The summed E-state index contributed by atoms with van der Waals surface area (Å²) in [5.41, 5.74) is 2.37. The van der Waals surface area contributed by atoms with E-state index >= 15 is 0 Å². The molecule has 2 N–H and O–H groups in total. The quantitative estimate of drug-likeness (QED) is 0.175. The number of hydrogen-bond donors (Lipinski definition) is 2. The van der Waals surface area contributed by atoms with Crippen LogP contribution in [0.2, 0.25) is 5.02 Å². The molecule has 0 fully saturated rings. The van der Waals surface area contributed by atoms with Crippen molar-refractivity contribution < 1.29 is 9.90 Å². The topological polar surface area (TPSA) is 49.3 Å². The third kappa shape index (κ3) is 13.3. The van der Waals surface area contributed by atoms with Gasteiger partial charge in [-0.3, -0.25) is 0 Å². The Balaban J connectivity index is 1.30. The van der Waals surface area contributed by atoms with Crippen molar-refractivity contribution in [3.05, 3.63) is 64.7 Å². The van der Waals surface area contributed by atoms with Crippen molar-refractivity contribution in [2.24, 2.45) is 0 Å². The summed E-state index contributed by atoms with van der Waals surface area (Å²) in [7, 11) is 0. The van der Waals surface area contributed by atoms with Crippen LogP contribution in [0.4, 0.5) is 5.69 Å². The third-order valence-electron chi connectivity index (χ3n) is 6.02. The molecule has 2 aromatic rings. The Morgan fingerprint density at radius 2 is 1.21 bits per heavy atom. The number of carboxylic acids is 1. The summed E-state index contributed by atoms with van der Waals surface area (Å²) in [6.45, 7) is 0.946. The van der Waals surface area contributed by atoms with E-state index in [1.807, 2.05) is 36.4 Å². The van der Waals surface area contributed by atoms with Gasteiger partial charge in [0.05, 0.1) is 5.56 Å². The molecule has 0 bridgehead atoms. The first-order chi connectivity index (χ1) is 16.6. The minimum absolute atomic E-state index is 0.331. The van der Waals surface area contributed by atoms with E-state index in [4.69, 9.17) is 16.7 Å². The zero-order valence-electron chi connectivity index (χ0n) is 20.5. The number of unbranched alkanes of at least 4 members (excludes halogenated alkanes) is 13. The van der Waals surface area contributed by atoms with Gasteiger partial charge in [0.15, 0.2) is 0 Å². The van der Waals surface area contributed by atoms with E-state index in [-0.39, 0.29) is 0 Å². The molecule has 4 heteroatoms. The zero-order chi connectivity index (χ0) is 24.3. The molecule has 2 aromatic carbocycles. The number of benzene rings is 2. The monoisotopic (exact) mass is 481 g/mol. The van der Waals surface area contributed by atoms with Crippen molar-refractivity contribution >= 4 is 23.3 Å². The fraction of sp³-hybridized carbons (Fsp3) is 0.500. The molecule has 34 heavy (non-hydrogen) atoms. The number of nitrogens with one attached hydrogen (secondary N) is 1. The highest BCUT2D eigenvalue weighted by Gasteiger charge is 2.01. The Labute approximate surface area is 211 Å². The van der Waals surface area contributed by atoms with Gasteiger partial charge in [-0.25, -0.2) is 4.79 Å². The molecule has 0 aliphatic heterocycles. The molecule has 2 rings (SSSR count). The lowest BCUT2D eigenvalue weighted by Gasteiger charge is -2.07. The van der Waals surface area contributed by atoms with Crippen molar-refractivity contribution in [1.82, 2.24) is 0 Å². The van der Waals surface area contributed by atoms with Gasteiger partial charge < -0.3 is 10.4 Å². The first-order valence-corrected chi connectivity index (χ1v) is 13.3. The molecule has 0 amide bonds. The van der Waals surface area contributed by atoms with Crippen LogP contribution >= 0.6 is 11.6 Å². The smallest absolute Gasteiger partial charge is 0.335 e. The van der Waals surface area contributed by atoms with E-state index in [0.717, 1.165) is 35.7 Å². The molecular weight excluding hydrogens is 442 g/mol. The number of hydrogen-bond acceptors (Lipinski definition) is 2. The fourth-order valence-corrected chi connectivity index (χ4v) is 4.07. The molecule has 3 nitrogen and oxygen atoms in total. The highest BCUT2D eigenvalue weighted by atomic mass is 35.5. The summed E-state index contributed by atoms with van der Waals surface area (Å²) >= 11 is 5.88. The minimum Gasteiger partial charge on any atom is -0.478 e. The summed E-state index contributed by atoms with van der Waals surface area (Å²) < 4.78 is 0. The van der Waals surface area contributed by atoms with E-state index in [9.17, 15) is 4.79 Å². The van der Waals surface area contributed by atoms with E-state index < -0.39 is 5.97 Å². The predicted molar refractivity (Wildman–Crippen MR) is 145 cm³/mol. The first-order valence-electron chi connectivity index (χ1n) is 13.0. The Hall–Kier alpha value is -2.44. The lowest BCUT2D eigenvalue weighted by molar-refractivity contribution is 0.0697. The van der Waals surface area contributed by atoms with Crippen molar-refractivity contribution in [1.29, 1.82) is 0 Å². The summed E-state index contributed by atoms with van der Waals surface area (Å²) in [6.07, 6.45) is 18.1. The van der Waals surface area contributed by atoms with Crippen LogP contribution in [0.15, 0.2) is 48.5 Å². The SMILES string of the molecule is O=C(O)c1ccc(NCCCCCCCCCCCCCCCC#Cc2ccc(Cl)cc2)cc1. The van der Waals surface area contributed by atoms with Gasteiger partial charge in [0.1, 0.15) is 0 Å². The number of rotatable bonds is 17. The minimum atomic E-state index is -0.880. The first kappa shape index (κ1) is 27.8. The molecule has 0 spiro atoms. The van der Waals surface area contributed by atoms with Gasteiger partial charge in [-0.15, -0.1) is 0 Å². The average Bonchev–Trinajstić information content (AvgIpc) is 2.84. The number of carbonyl (C=O) groups is 1. The number of halogens is 1. The number of carboxylic acid groups (broad SMARTS) is 1. The Kier molecular flexibility index (Phi) is 14.7. The maximum atomic E-state index is 10.9. The van der Waals surface area contributed by atoms with E-state index in [0.29, 0.717) is 5.56 Å². The van der Waals surface area contributed by atoms with Crippen LogP contribution < -0.4 is 5.32 Å². The Morgan fingerprint density at radius 1 is 0.706 bits per heavy atom. The molecule has 0 unspecified atom stereocenters. The highest BCUT2D eigenvalue weighted by Crippen LogP contribution is 2.14. The van der Waals surface area contributed by atoms with Crippen LogP contribution in [-0.2, 0) is 0 Å². The normalized spacial score (nSPS) is 10.5. The van der Waals surface area contributed by atoms with E-state index in [2.05, 4.69) is 17.2 Å². The second-order valence-corrected chi connectivity index (χ2v) is 9.40. The average molecular weight is 482 g/mol. The molecular formula is C30H40ClNO2. The van der Waals surface area contributed by atoms with Crippen LogP contribution in [0.5, 0.6) is 0 Å². The molecule has 0 saturated carbocycles. The molecule has 0 saturated heterocycles. The van der Waals surface area contributed by atoms with Crippen molar-refractivity contribution in [2.45, 2.75) is 89.9 Å². The van der Waals surface area contributed by atoms with Gasteiger partial charge in [-0.2, -0.15) is 0 Å². The van der Waals surface area contributed by atoms with Crippen LogP contribution in [0.1, 0.15) is 106 Å². The molecule has 0 heterocycles. The molecule has 0 atom stereocenters. The van der Waals surface area contributed by atoms with Crippen molar-refractivity contribution in [3.8, 4) is 11.8 Å². The van der Waals surface area contributed by atoms with Gasteiger partial charge in [-0.05, 0) is 61.4 Å². The molecule has 0 aliphatic carbocycles. The standard InChI is InChI=1S/C30H40ClNO2/c31-28-21-17-26(18-22-28)16-14-12-10-8-6-4-2-1-3-5-7-9-11-13-15-25-32-29-23-19-27(20-24-29)30(33)34/h17-24,32H,1-13,15,25H2,(H,33,34). The molecule has 184 valence electrons. The zero-order valence-corrected chi connectivity index (χ0v) is 21.2. The van der Waals surface area contributed by atoms with E-state index in [1.165, 1.54) is 77.0 Å². The van der Waals surface area contributed by atoms with Crippen molar-refractivity contribution in [3.63, 3.8) is 0 Å². The van der Waals surface area contributed by atoms with Crippen LogP contribution in [-0.4, -0.2) is 17.6 Å². The maximum absolute atomic E-state index is 10.9. The van der Waals surface area contributed by atoms with Gasteiger partial charge in [0.2, 0.25) is 0 Å². The summed E-state index contributed by atoms with van der Waals surface area (Å²) in [5, 5.41) is 13.0. The Bertz CT molecular complexity index is 865. The summed E-state index contributed by atoms with van der Waals surface area (Å²) in [6, 6.07) is 14.7. The lowest BCUT2D eigenvalue weighted by atomic mass is 10.0. The van der Waals surface area contributed by atoms with Crippen molar-refractivity contribution in [2.75, 3.05) is 11.9 Å². The Morgan fingerprint density at radius 3 is 1.74 bits per heavy atom. The fourth-order valence-electron chi connectivity index (χ4n) is 3.94. The number of aromatic carboxylic acids is 1. The number of anilines is 1. The molecule has 0 aliphatic rings. The van der Waals surface area contributed by atoms with Crippen LogP contribution in [0, 0.1) is 11.8 Å². The van der Waals surface area contributed by atoms with Crippen LogP contribution in [0.25, 0.3) is 0 Å². The third-order valence-corrected chi connectivity index (χ3v) is 6.27. The molecule has 0 aromatic heterocycles. The second-order valence-electron chi connectivity index (χ2n) is 8.96. The van der Waals surface area contributed by atoms with Gasteiger partial charge in [0.25, 0.3) is 0 Å². The van der Waals surface area contributed by atoms with Gasteiger partial charge in [0, 0.05) is 29.2 Å². The largest absolute Gasteiger partial charge is 0.478 e. The van der Waals surface area contributed by atoms with Gasteiger partial charge in [-0.1, -0.05) is 94.1 Å². The predicted octanol–water partition coefficient (Wildman–Crippen LogP) is 8.96. The summed E-state index contributed by atoms with van der Waals surface area (Å²) in [4.78, 5) is 10.9. The summed E-state index contributed by atoms with van der Waals surface area (Å²) in [5.74, 6) is 5.59. The highest BCUT2D eigenvalue weighted by molar-refractivity contribution is 6.30. The maximum Gasteiger partial charge on any atom is 0.335 e. The lowest BCUT2D eigenvalue weighted by Crippen LogP contribution is -2.02. The second kappa shape index (κ2) is 18.0. The van der Waals surface area contributed by atoms with E-state index in [1.54, 1.807) is 12.1 Å². The molecule has 0 radical (unpaired) electrons. The van der Waals surface area contributed by atoms with Gasteiger partial charge >= 0.3 is 5.97 Å².